The third kappa shape index (κ3) is 3.60. The van der Waals surface area contributed by atoms with E-state index in [9.17, 15) is 10.1 Å². The Balaban J connectivity index is 1.98. The number of anilines is 2. The van der Waals surface area contributed by atoms with E-state index < -0.39 is 6.04 Å². The normalized spacial score (nSPS) is 11.7. The zero-order chi connectivity index (χ0) is 16.8. The van der Waals surface area contributed by atoms with Crippen LogP contribution in [-0.2, 0) is 0 Å². The number of rotatable bonds is 6. The van der Waals surface area contributed by atoms with Crippen LogP contribution in [0.15, 0.2) is 91.0 Å². The van der Waals surface area contributed by atoms with Crippen molar-refractivity contribution < 1.29 is 4.92 Å². The van der Waals surface area contributed by atoms with Gasteiger partial charge in [-0.05, 0) is 24.3 Å². The van der Waals surface area contributed by atoms with Crippen LogP contribution in [0, 0.1) is 10.1 Å². The summed E-state index contributed by atoms with van der Waals surface area (Å²) in [5, 5.41) is 11.7. The van der Waals surface area contributed by atoms with Gasteiger partial charge >= 0.3 is 0 Å². The molecule has 0 amide bonds. The summed E-state index contributed by atoms with van der Waals surface area (Å²) in [6, 6.07) is 27.9. The van der Waals surface area contributed by atoms with Gasteiger partial charge in [-0.15, -0.1) is 0 Å². The summed E-state index contributed by atoms with van der Waals surface area (Å²) >= 11 is 0. The van der Waals surface area contributed by atoms with Crippen LogP contribution in [0.3, 0.4) is 0 Å². The molecule has 0 aliphatic rings. The van der Waals surface area contributed by atoms with Crippen LogP contribution in [0.1, 0.15) is 11.6 Å². The highest BCUT2D eigenvalue weighted by Crippen LogP contribution is 2.29. The first kappa shape index (κ1) is 15.7. The molecule has 0 heterocycles. The molecule has 1 atom stereocenters. The molecular weight excluding hydrogens is 300 g/mol. The average Bonchev–Trinajstić information content (AvgIpc) is 2.64. The van der Waals surface area contributed by atoms with E-state index in [1.807, 2.05) is 95.9 Å². The Morgan fingerprint density at radius 3 is 1.58 bits per heavy atom. The Hall–Kier alpha value is -3.14. The standard InChI is InChI=1S/C20H18N2O2/c23-22(24)20(17-10-4-1-5-11-17)16-21(18-12-6-2-7-13-18)19-14-8-3-9-15-19/h1-15,20H,16H2. The fourth-order valence-electron chi connectivity index (χ4n) is 2.72. The Kier molecular flexibility index (Phi) is 4.87. The van der Waals surface area contributed by atoms with E-state index in [0.717, 1.165) is 11.4 Å². The highest BCUT2D eigenvalue weighted by atomic mass is 16.6. The van der Waals surface area contributed by atoms with Crippen molar-refractivity contribution in [2.24, 2.45) is 0 Å². The van der Waals surface area contributed by atoms with Gasteiger partial charge in [-0.25, -0.2) is 0 Å². The van der Waals surface area contributed by atoms with Crippen LogP contribution in [-0.4, -0.2) is 11.5 Å². The average molecular weight is 318 g/mol. The lowest BCUT2D eigenvalue weighted by molar-refractivity contribution is -0.525. The highest BCUT2D eigenvalue weighted by molar-refractivity contribution is 5.63. The molecule has 0 fully saturated rings. The molecular formula is C20H18N2O2. The van der Waals surface area contributed by atoms with Gasteiger partial charge in [0.2, 0.25) is 0 Å². The molecule has 0 bridgehead atoms. The zero-order valence-electron chi connectivity index (χ0n) is 13.2. The first-order valence-corrected chi connectivity index (χ1v) is 7.82. The molecule has 1 unspecified atom stereocenters. The van der Waals surface area contributed by atoms with E-state index in [1.54, 1.807) is 0 Å². The van der Waals surface area contributed by atoms with Crippen molar-refractivity contribution in [2.75, 3.05) is 11.4 Å². The van der Waals surface area contributed by atoms with Gasteiger partial charge in [-0.1, -0.05) is 66.7 Å². The number of nitrogens with zero attached hydrogens (tertiary/aromatic N) is 2. The molecule has 0 N–H and O–H groups in total. The number of para-hydroxylation sites is 2. The topological polar surface area (TPSA) is 46.4 Å². The molecule has 3 rings (SSSR count). The quantitative estimate of drug-likeness (QED) is 0.482. The summed E-state index contributed by atoms with van der Waals surface area (Å²) in [4.78, 5) is 13.4. The molecule has 4 heteroatoms. The third-order valence-corrected chi connectivity index (χ3v) is 3.93. The molecule has 4 nitrogen and oxygen atoms in total. The SMILES string of the molecule is O=[N+]([O-])C(CN(c1ccccc1)c1ccccc1)c1ccccc1. The van der Waals surface area contributed by atoms with Crippen LogP contribution in [0.4, 0.5) is 11.4 Å². The largest absolute Gasteiger partial charge is 0.334 e. The Labute approximate surface area is 141 Å². The Morgan fingerprint density at radius 2 is 1.17 bits per heavy atom. The minimum absolute atomic E-state index is 0.214. The van der Waals surface area contributed by atoms with Crippen molar-refractivity contribution in [3.05, 3.63) is 107 Å². The molecule has 3 aromatic carbocycles. The summed E-state index contributed by atoms with van der Waals surface area (Å²) in [6.45, 7) is 0.269. The first-order valence-electron chi connectivity index (χ1n) is 7.82. The van der Waals surface area contributed by atoms with Crippen LogP contribution >= 0.6 is 0 Å². The van der Waals surface area contributed by atoms with E-state index in [2.05, 4.69) is 0 Å². The van der Waals surface area contributed by atoms with Crippen LogP contribution in [0.2, 0.25) is 0 Å². The van der Waals surface area contributed by atoms with Gasteiger partial charge in [0.05, 0.1) is 6.54 Å². The van der Waals surface area contributed by atoms with Gasteiger partial charge in [-0.3, -0.25) is 10.1 Å². The van der Waals surface area contributed by atoms with Gasteiger partial charge in [0.1, 0.15) is 0 Å². The molecule has 0 aliphatic heterocycles. The van der Waals surface area contributed by atoms with Crippen LogP contribution < -0.4 is 4.90 Å². The third-order valence-electron chi connectivity index (χ3n) is 3.93. The molecule has 3 aromatic rings. The van der Waals surface area contributed by atoms with Crippen molar-refractivity contribution in [1.29, 1.82) is 0 Å². The molecule has 24 heavy (non-hydrogen) atoms. The van der Waals surface area contributed by atoms with Gasteiger partial charge in [0.15, 0.2) is 0 Å². The second-order valence-corrected chi connectivity index (χ2v) is 5.49. The van der Waals surface area contributed by atoms with E-state index in [1.165, 1.54) is 0 Å². The summed E-state index contributed by atoms with van der Waals surface area (Å²) in [7, 11) is 0. The molecule has 0 radical (unpaired) electrons. The molecule has 0 saturated carbocycles. The van der Waals surface area contributed by atoms with Gasteiger partial charge in [0.25, 0.3) is 6.04 Å². The van der Waals surface area contributed by atoms with Gasteiger partial charge in [-0.2, -0.15) is 0 Å². The van der Waals surface area contributed by atoms with Gasteiger partial charge in [0, 0.05) is 21.9 Å². The smallest absolute Gasteiger partial charge is 0.255 e. The van der Waals surface area contributed by atoms with Crippen LogP contribution in [0.5, 0.6) is 0 Å². The number of hydrogen-bond donors (Lipinski definition) is 0. The van der Waals surface area contributed by atoms with Crippen molar-refractivity contribution in [1.82, 2.24) is 0 Å². The number of hydrogen-bond acceptors (Lipinski definition) is 3. The van der Waals surface area contributed by atoms with E-state index in [4.69, 9.17) is 0 Å². The second kappa shape index (κ2) is 7.42. The highest BCUT2D eigenvalue weighted by Gasteiger charge is 2.26. The lowest BCUT2D eigenvalue weighted by Crippen LogP contribution is -2.28. The molecule has 0 spiro atoms. The maximum absolute atomic E-state index is 11.7. The Bertz CT molecular complexity index is 737. The monoisotopic (exact) mass is 318 g/mol. The van der Waals surface area contributed by atoms with Crippen molar-refractivity contribution in [3.8, 4) is 0 Å². The molecule has 120 valence electrons. The predicted octanol–water partition coefficient (Wildman–Crippen LogP) is 4.84. The van der Waals surface area contributed by atoms with E-state index in [-0.39, 0.29) is 11.5 Å². The fraction of sp³-hybridized carbons (Fsp3) is 0.100. The molecule has 0 aliphatic carbocycles. The maximum atomic E-state index is 11.7. The lowest BCUT2D eigenvalue weighted by Gasteiger charge is -2.26. The summed E-state index contributed by atoms with van der Waals surface area (Å²) in [6.07, 6.45) is 0. The van der Waals surface area contributed by atoms with Crippen molar-refractivity contribution >= 4 is 11.4 Å². The van der Waals surface area contributed by atoms with E-state index >= 15 is 0 Å². The number of benzene rings is 3. The maximum Gasteiger partial charge on any atom is 0.255 e. The predicted molar refractivity (Wildman–Crippen MR) is 96.1 cm³/mol. The fourth-order valence-corrected chi connectivity index (χ4v) is 2.72. The Morgan fingerprint density at radius 1 is 0.750 bits per heavy atom. The van der Waals surface area contributed by atoms with Crippen LogP contribution in [0.25, 0.3) is 0 Å². The lowest BCUT2D eigenvalue weighted by atomic mass is 10.1. The second-order valence-electron chi connectivity index (χ2n) is 5.49. The minimum atomic E-state index is -0.799. The number of nitro groups is 1. The molecule has 0 saturated heterocycles. The van der Waals surface area contributed by atoms with Gasteiger partial charge < -0.3 is 4.90 Å². The van der Waals surface area contributed by atoms with E-state index in [0.29, 0.717) is 5.56 Å². The first-order chi connectivity index (χ1) is 11.8. The summed E-state index contributed by atoms with van der Waals surface area (Å²) in [5.74, 6) is 0. The van der Waals surface area contributed by atoms with Crippen molar-refractivity contribution in [3.63, 3.8) is 0 Å². The minimum Gasteiger partial charge on any atom is -0.334 e. The summed E-state index contributed by atoms with van der Waals surface area (Å²) in [5.41, 5.74) is 2.58. The summed E-state index contributed by atoms with van der Waals surface area (Å²) < 4.78 is 0. The zero-order valence-corrected chi connectivity index (χ0v) is 13.2. The molecule has 0 aromatic heterocycles. The van der Waals surface area contributed by atoms with Crippen molar-refractivity contribution in [2.45, 2.75) is 6.04 Å².